The Kier molecular flexibility index (Phi) is 5.22. The lowest BCUT2D eigenvalue weighted by Gasteiger charge is -2.43. The van der Waals surface area contributed by atoms with E-state index in [0.29, 0.717) is 35.0 Å². The van der Waals surface area contributed by atoms with Crippen LogP contribution in [0.3, 0.4) is 0 Å². The largest absolute Gasteiger partial charge is 0.508 e. The SMILES string of the molecule is CN(C)C1CN(c2nc(N3CC4CC3CN4)c3cc(Cl)c(-c4cc(O)cc5ccccc45)c(F)c3n2)C1. The standard InChI is InChI=1S/C28H28ClFN6O/c1-34(2)18-13-35(14-18)28-32-26-22(27(33-28)36-12-16-8-17(36)11-31-16)10-23(29)24(25(26)30)21-9-19(37)7-15-5-3-4-6-20(15)21/h3-7,9-10,16-18,31,37H,8,11-14H2,1-2H3. The van der Waals surface area contributed by atoms with E-state index in [1.165, 1.54) is 0 Å². The Hall–Kier alpha value is -3.20. The molecule has 0 amide bonds. The molecule has 0 spiro atoms. The second-order valence-electron chi connectivity index (χ2n) is 10.7. The van der Waals surface area contributed by atoms with Crippen molar-refractivity contribution < 1.29 is 9.50 Å². The molecule has 3 aromatic carbocycles. The van der Waals surface area contributed by atoms with Crippen molar-refractivity contribution in [1.29, 1.82) is 0 Å². The van der Waals surface area contributed by atoms with Gasteiger partial charge in [-0.1, -0.05) is 35.9 Å². The van der Waals surface area contributed by atoms with E-state index >= 15 is 4.39 Å². The molecule has 7 rings (SSSR count). The van der Waals surface area contributed by atoms with Crippen LogP contribution in [-0.2, 0) is 0 Å². The highest BCUT2D eigenvalue weighted by Gasteiger charge is 2.40. The number of fused-ring (bicyclic) bond motifs is 4. The van der Waals surface area contributed by atoms with Crippen molar-refractivity contribution in [3.8, 4) is 16.9 Å². The van der Waals surface area contributed by atoms with Crippen molar-refractivity contribution in [2.45, 2.75) is 24.5 Å². The van der Waals surface area contributed by atoms with Gasteiger partial charge in [0.1, 0.15) is 17.1 Å². The Bertz CT molecular complexity index is 1560. The van der Waals surface area contributed by atoms with Crippen LogP contribution in [0.1, 0.15) is 6.42 Å². The van der Waals surface area contributed by atoms with E-state index in [1.807, 2.05) is 24.3 Å². The van der Waals surface area contributed by atoms with Gasteiger partial charge in [-0.3, -0.25) is 0 Å². The predicted molar refractivity (Wildman–Crippen MR) is 146 cm³/mol. The highest BCUT2D eigenvalue weighted by atomic mass is 35.5. The van der Waals surface area contributed by atoms with Crippen molar-refractivity contribution in [2.24, 2.45) is 0 Å². The average Bonchev–Trinajstić information content (AvgIpc) is 3.47. The number of hydrogen-bond acceptors (Lipinski definition) is 7. The first kappa shape index (κ1) is 23.0. The Morgan fingerprint density at radius 2 is 1.89 bits per heavy atom. The van der Waals surface area contributed by atoms with Crippen LogP contribution in [0.15, 0.2) is 42.5 Å². The van der Waals surface area contributed by atoms with Crippen molar-refractivity contribution >= 4 is 45.0 Å². The first-order valence-electron chi connectivity index (χ1n) is 12.7. The third-order valence-corrected chi connectivity index (χ3v) is 8.47. The Balaban J connectivity index is 1.44. The number of hydrogen-bond donors (Lipinski definition) is 2. The van der Waals surface area contributed by atoms with Crippen LogP contribution in [0.4, 0.5) is 16.2 Å². The minimum absolute atomic E-state index is 0.0595. The van der Waals surface area contributed by atoms with Gasteiger partial charge < -0.3 is 25.1 Å². The van der Waals surface area contributed by atoms with E-state index in [0.717, 1.165) is 49.2 Å². The maximum atomic E-state index is 16.6. The van der Waals surface area contributed by atoms with Crippen molar-refractivity contribution in [3.05, 3.63) is 53.3 Å². The highest BCUT2D eigenvalue weighted by Crippen LogP contribution is 2.43. The number of piperazine rings is 1. The van der Waals surface area contributed by atoms with Gasteiger partial charge in [0.25, 0.3) is 0 Å². The first-order chi connectivity index (χ1) is 17.9. The number of nitrogens with one attached hydrogen (secondary N) is 1. The number of nitrogens with zero attached hydrogens (tertiary/aromatic N) is 5. The van der Waals surface area contributed by atoms with Crippen LogP contribution < -0.4 is 15.1 Å². The van der Waals surface area contributed by atoms with Crippen LogP contribution in [0.25, 0.3) is 32.8 Å². The van der Waals surface area contributed by atoms with Crippen LogP contribution in [0.2, 0.25) is 5.02 Å². The van der Waals surface area contributed by atoms with Gasteiger partial charge in [-0.2, -0.15) is 4.98 Å². The van der Waals surface area contributed by atoms with Gasteiger partial charge in [-0.05, 0) is 55.1 Å². The number of aromatic nitrogens is 2. The van der Waals surface area contributed by atoms with Gasteiger partial charge in [0.2, 0.25) is 5.95 Å². The molecule has 2 atom stereocenters. The second kappa shape index (κ2) is 8.41. The number of likely N-dealkylation sites (N-methyl/N-ethyl adjacent to an activating group) is 1. The minimum Gasteiger partial charge on any atom is -0.508 e. The normalized spacial score (nSPS) is 21.5. The summed E-state index contributed by atoms with van der Waals surface area (Å²) < 4.78 is 16.6. The number of anilines is 2. The van der Waals surface area contributed by atoms with E-state index in [1.54, 1.807) is 18.2 Å². The molecule has 2 N–H and O–H groups in total. The molecule has 2 bridgehead atoms. The zero-order valence-corrected chi connectivity index (χ0v) is 21.5. The highest BCUT2D eigenvalue weighted by molar-refractivity contribution is 6.35. The Labute approximate surface area is 219 Å². The number of phenolic OH excluding ortho intramolecular Hbond substituents is 1. The first-order valence-corrected chi connectivity index (χ1v) is 13.1. The number of halogens is 2. The van der Waals surface area contributed by atoms with E-state index in [9.17, 15) is 5.11 Å². The summed E-state index contributed by atoms with van der Waals surface area (Å²) in [4.78, 5) is 16.4. The van der Waals surface area contributed by atoms with E-state index in [-0.39, 0.29) is 21.9 Å². The number of rotatable bonds is 4. The molecule has 0 radical (unpaired) electrons. The van der Waals surface area contributed by atoms with E-state index in [2.05, 4.69) is 34.1 Å². The smallest absolute Gasteiger partial charge is 0.228 e. The fourth-order valence-electron chi connectivity index (χ4n) is 6.04. The summed E-state index contributed by atoms with van der Waals surface area (Å²) in [6.07, 6.45) is 1.05. The lowest BCUT2D eigenvalue weighted by Crippen LogP contribution is -2.58. The summed E-state index contributed by atoms with van der Waals surface area (Å²) >= 11 is 6.82. The minimum atomic E-state index is -0.490. The van der Waals surface area contributed by atoms with Crippen molar-refractivity contribution in [3.63, 3.8) is 0 Å². The Morgan fingerprint density at radius 3 is 2.62 bits per heavy atom. The molecule has 3 aliphatic heterocycles. The average molecular weight is 519 g/mol. The summed E-state index contributed by atoms with van der Waals surface area (Å²) in [5.41, 5.74) is 1.05. The molecule has 7 nitrogen and oxygen atoms in total. The van der Waals surface area contributed by atoms with Crippen LogP contribution in [-0.4, -0.2) is 78.4 Å². The topological polar surface area (TPSA) is 67.8 Å². The molecular formula is C28H28ClFN6O. The second-order valence-corrected chi connectivity index (χ2v) is 11.1. The molecule has 3 aliphatic rings. The maximum Gasteiger partial charge on any atom is 0.228 e. The molecule has 9 heteroatoms. The fourth-order valence-corrected chi connectivity index (χ4v) is 6.34. The summed E-state index contributed by atoms with van der Waals surface area (Å²) in [7, 11) is 4.13. The molecule has 3 saturated heterocycles. The molecule has 0 aliphatic carbocycles. The zero-order valence-electron chi connectivity index (χ0n) is 20.7. The molecule has 3 fully saturated rings. The molecule has 190 valence electrons. The van der Waals surface area contributed by atoms with Gasteiger partial charge in [0.15, 0.2) is 5.82 Å². The summed E-state index contributed by atoms with van der Waals surface area (Å²) in [5.74, 6) is 0.860. The van der Waals surface area contributed by atoms with E-state index in [4.69, 9.17) is 21.6 Å². The third-order valence-electron chi connectivity index (χ3n) is 8.17. The van der Waals surface area contributed by atoms with Gasteiger partial charge in [0.05, 0.1) is 5.02 Å². The maximum absolute atomic E-state index is 16.6. The van der Waals surface area contributed by atoms with Crippen LogP contribution in [0, 0.1) is 5.82 Å². The third kappa shape index (κ3) is 3.61. The van der Waals surface area contributed by atoms with Gasteiger partial charge in [0, 0.05) is 55.3 Å². The number of aromatic hydroxyl groups is 1. The number of phenols is 1. The molecule has 2 unspecified atom stereocenters. The van der Waals surface area contributed by atoms with E-state index < -0.39 is 5.82 Å². The molecule has 4 aromatic rings. The summed E-state index contributed by atoms with van der Waals surface area (Å²) in [6.45, 7) is 3.31. The van der Waals surface area contributed by atoms with Crippen LogP contribution in [0.5, 0.6) is 5.75 Å². The lowest BCUT2D eigenvalue weighted by molar-refractivity contribution is 0.245. The van der Waals surface area contributed by atoms with Gasteiger partial charge >= 0.3 is 0 Å². The number of benzene rings is 3. The molecule has 1 aromatic heterocycles. The van der Waals surface area contributed by atoms with Crippen molar-refractivity contribution in [1.82, 2.24) is 20.2 Å². The fraction of sp³-hybridized carbons (Fsp3) is 0.357. The molecular weight excluding hydrogens is 491 g/mol. The monoisotopic (exact) mass is 518 g/mol. The summed E-state index contributed by atoms with van der Waals surface area (Å²) in [6, 6.07) is 13.8. The van der Waals surface area contributed by atoms with Crippen LogP contribution >= 0.6 is 11.6 Å². The quantitative estimate of drug-likeness (QED) is 0.418. The molecule has 0 saturated carbocycles. The Morgan fingerprint density at radius 1 is 1.08 bits per heavy atom. The predicted octanol–water partition coefficient (Wildman–Crippen LogP) is 4.25. The molecule has 4 heterocycles. The zero-order chi connectivity index (χ0) is 25.4. The van der Waals surface area contributed by atoms with Gasteiger partial charge in [-0.15, -0.1) is 0 Å². The molecule has 37 heavy (non-hydrogen) atoms. The lowest BCUT2D eigenvalue weighted by atomic mass is 9.96. The van der Waals surface area contributed by atoms with Crippen molar-refractivity contribution in [2.75, 3.05) is 50.1 Å². The summed E-state index contributed by atoms with van der Waals surface area (Å²) in [5, 5.41) is 16.5. The van der Waals surface area contributed by atoms with Gasteiger partial charge in [-0.25, -0.2) is 9.37 Å².